The summed E-state index contributed by atoms with van der Waals surface area (Å²) >= 11 is 0. The van der Waals surface area contributed by atoms with Gasteiger partial charge in [0, 0.05) is 66.8 Å². The van der Waals surface area contributed by atoms with Gasteiger partial charge >= 0.3 is 0 Å². The van der Waals surface area contributed by atoms with Crippen molar-refractivity contribution in [3.8, 4) is 17.3 Å². The Morgan fingerprint density at radius 2 is 1.09 bits per heavy atom. The smallest absolute Gasteiger partial charge is 0.135 e. The van der Waals surface area contributed by atoms with Crippen molar-refractivity contribution < 1.29 is 25.8 Å². The second-order valence-corrected chi connectivity index (χ2v) is 22.1. The van der Waals surface area contributed by atoms with Gasteiger partial charge in [0.1, 0.15) is 5.82 Å². The first-order valence-electron chi connectivity index (χ1n) is 24.3. The van der Waals surface area contributed by atoms with Crippen LogP contribution in [0.15, 0.2) is 158 Å². The van der Waals surface area contributed by atoms with Crippen molar-refractivity contribution in [2.45, 2.75) is 105 Å². The van der Waals surface area contributed by atoms with E-state index in [0.29, 0.717) is 11.5 Å². The average molecular weight is 1100 g/mol. The standard InChI is InChI=1S/C64H63N4O.Pt/c1-42-32-58-59(33-43(42)2)67(41-66(58)50-25-19-24-46(34-50)61(3,4)5)51-35-49(64(11,12)45-22-17-14-18-23-45)36-53(39-51)69-52-27-28-54-55-37-47(62(6,7)8)26-29-56(55)68(57(54)40-52)60-38-48(30-31-65-60)63(9,10)44-20-15-13-16-21-44;/h13-38,41H,1-12H3;/q-3;. The summed E-state index contributed by atoms with van der Waals surface area (Å²) in [6.07, 6.45) is 1.94. The molecule has 1 aliphatic heterocycles. The molecular formula is C64H63N4OPt-3. The number of ether oxygens (including phenoxy) is 1. The molecule has 1 aliphatic rings. The molecule has 0 fully saturated rings. The van der Waals surface area contributed by atoms with Gasteiger partial charge in [-0.2, -0.15) is 6.07 Å². The fraction of sp³-hybridized carbons (Fsp3) is 0.250. The van der Waals surface area contributed by atoms with Gasteiger partial charge in [-0.15, -0.1) is 53.6 Å². The molecule has 0 saturated heterocycles. The summed E-state index contributed by atoms with van der Waals surface area (Å²) in [6, 6.07) is 62.4. The number of aryl methyl sites for hydroxylation is 2. The maximum absolute atomic E-state index is 7.06. The molecule has 6 heteroatoms. The van der Waals surface area contributed by atoms with Crippen LogP contribution in [0.5, 0.6) is 11.5 Å². The van der Waals surface area contributed by atoms with Crippen LogP contribution < -0.4 is 14.5 Å². The molecule has 70 heavy (non-hydrogen) atoms. The average Bonchev–Trinajstić information content (AvgIpc) is 3.86. The molecule has 0 aliphatic carbocycles. The van der Waals surface area contributed by atoms with Gasteiger partial charge in [-0.3, -0.25) is 0 Å². The van der Waals surface area contributed by atoms with Gasteiger partial charge in [-0.05, 0) is 117 Å². The molecule has 358 valence electrons. The second-order valence-electron chi connectivity index (χ2n) is 22.1. The SMILES string of the molecule is Cc1cc2c(cc1C)N(c1cccc(C(C)(C)C)c1)[CH-]N2c1[c-]c(Oc2[c-]c3c(cc2)c2cc(C(C)(C)C)ccc2n3-c2cc(C(C)(C)c3ccccc3)ccn2)cc(C(C)(C)c2ccccc2)c1.[Pt]. The Bertz CT molecular complexity index is 3390. The van der Waals surface area contributed by atoms with Crippen LogP contribution in [-0.4, -0.2) is 9.55 Å². The molecule has 0 unspecified atom stereocenters. The number of hydrogen-bond acceptors (Lipinski definition) is 4. The number of benzene rings is 7. The molecule has 0 atom stereocenters. The quantitative estimate of drug-likeness (QED) is 0.135. The van der Waals surface area contributed by atoms with E-state index in [9.17, 15) is 0 Å². The largest absolute Gasteiger partial charge is 0.509 e. The van der Waals surface area contributed by atoms with Gasteiger partial charge in [0.25, 0.3) is 0 Å². The van der Waals surface area contributed by atoms with Crippen LogP contribution in [0.4, 0.5) is 22.7 Å². The molecule has 5 nitrogen and oxygen atoms in total. The first-order chi connectivity index (χ1) is 32.8. The fourth-order valence-corrected chi connectivity index (χ4v) is 9.79. The van der Waals surface area contributed by atoms with Crippen molar-refractivity contribution in [3.05, 3.63) is 221 Å². The van der Waals surface area contributed by atoms with Gasteiger partial charge in [0.05, 0.1) is 0 Å². The predicted molar refractivity (Wildman–Crippen MR) is 288 cm³/mol. The number of aromatic nitrogens is 2. The summed E-state index contributed by atoms with van der Waals surface area (Å²) in [5.74, 6) is 2.04. The van der Waals surface area contributed by atoms with E-state index < -0.39 is 0 Å². The number of rotatable bonds is 9. The van der Waals surface area contributed by atoms with Crippen LogP contribution in [0.3, 0.4) is 0 Å². The van der Waals surface area contributed by atoms with E-state index in [4.69, 9.17) is 9.72 Å². The Balaban J connectivity index is 0.00000608. The number of fused-ring (bicyclic) bond motifs is 4. The maximum Gasteiger partial charge on any atom is 0.135 e. The summed E-state index contributed by atoms with van der Waals surface area (Å²) < 4.78 is 9.31. The zero-order valence-electron chi connectivity index (χ0n) is 42.6. The number of pyridine rings is 1. The van der Waals surface area contributed by atoms with Gasteiger partial charge in [-0.25, -0.2) is 4.98 Å². The summed E-state index contributed by atoms with van der Waals surface area (Å²) in [5.41, 5.74) is 15.3. The minimum absolute atomic E-state index is 0. The molecule has 0 amide bonds. The molecule has 2 aromatic heterocycles. The summed E-state index contributed by atoms with van der Waals surface area (Å²) in [5, 5.41) is 2.24. The molecule has 0 bridgehead atoms. The third-order valence-electron chi connectivity index (χ3n) is 14.6. The van der Waals surface area contributed by atoms with Crippen molar-refractivity contribution in [2.75, 3.05) is 9.80 Å². The van der Waals surface area contributed by atoms with Gasteiger partial charge in [0.2, 0.25) is 0 Å². The summed E-state index contributed by atoms with van der Waals surface area (Å²) in [6.45, 7) is 29.3. The molecule has 7 aromatic carbocycles. The van der Waals surface area contributed by atoms with Crippen LogP contribution in [0.1, 0.15) is 114 Å². The molecule has 0 radical (unpaired) electrons. The first-order valence-corrected chi connectivity index (χ1v) is 24.3. The van der Waals surface area contributed by atoms with E-state index in [0.717, 1.165) is 55.9 Å². The van der Waals surface area contributed by atoms with Gasteiger partial charge in [-0.1, -0.05) is 160 Å². The van der Waals surface area contributed by atoms with Crippen molar-refractivity contribution in [3.63, 3.8) is 0 Å². The van der Waals surface area contributed by atoms with Crippen LogP contribution in [0.2, 0.25) is 0 Å². The zero-order valence-corrected chi connectivity index (χ0v) is 44.9. The Morgan fingerprint density at radius 1 is 0.486 bits per heavy atom. The molecule has 3 heterocycles. The van der Waals surface area contributed by atoms with Crippen molar-refractivity contribution in [1.82, 2.24) is 9.55 Å². The number of anilines is 4. The Hall–Kier alpha value is -6.42. The molecule has 0 spiro atoms. The van der Waals surface area contributed by atoms with E-state index in [1.165, 1.54) is 38.9 Å². The zero-order chi connectivity index (χ0) is 48.6. The third kappa shape index (κ3) is 8.87. The first kappa shape index (κ1) is 48.6. The van der Waals surface area contributed by atoms with Crippen molar-refractivity contribution >= 4 is 44.6 Å². The van der Waals surface area contributed by atoms with Crippen LogP contribution in [-0.2, 0) is 42.7 Å². The van der Waals surface area contributed by atoms with E-state index in [1.807, 2.05) is 12.3 Å². The predicted octanol–water partition coefficient (Wildman–Crippen LogP) is 16.8. The van der Waals surface area contributed by atoms with Crippen LogP contribution in [0, 0.1) is 32.6 Å². The maximum atomic E-state index is 7.06. The molecule has 10 rings (SSSR count). The summed E-state index contributed by atoms with van der Waals surface area (Å²) in [7, 11) is 0. The molecule has 0 N–H and O–H groups in total. The molecule has 0 saturated carbocycles. The van der Waals surface area contributed by atoms with Crippen LogP contribution >= 0.6 is 0 Å². The van der Waals surface area contributed by atoms with Gasteiger partial charge < -0.3 is 19.1 Å². The monoisotopic (exact) mass is 1100 g/mol. The Kier molecular flexibility index (Phi) is 12.5. The minimum atomic E-state index is -0.370. The molecular weight excluding hydrogens is 1040 g/mol. The van der Waals surface area contributed by atoms with Crippen molar-refractivity contribution in [2.24, 2.45) is 0 Å². The van der Waals surface area contributed by atoms with E-state index in [2.05, 4.69) is 262 Å². The van der Waals surface area contributed by atoms with Gasteiger partial charge in [0.15, 0.2) is 0 Å². The Morgan fingerprint density at radius 3 is 1.73 bits per heavy atom. The molecule has 9 aromatic rings. The number of nitrogens with zero attached hydrogens (tertiary/aromatic N) is 4. The fourth-order valence-electron chi connectivity index (χ4n) is 9.79. The van der Waals surface area contributed by atoms with E-state index in [-0.39, 0.29) is 42.7 Å². The second kappa shape index (κ2) is 18.1. The Labute approximate surface area is 430 Å². The van der Waals surface area contributed by atoms with E-state index in [1.54, 1.807) is 0 Å². The summed E-state index contributed by atoms with van der Waals surface area (Å²) in [4.78, 5) is 9.64. The van der Waals surface area contributed by atoms with Crippen LogP contribution in [0.25, 0.3) is 27.6 Å². The topological polar surface area (TPSA) is 33.5 Å². The minimum Gasteiger partial charge on any atom is -0.509 e. The third-order valence-corrected chi connectivity index (χ3v) is 14.6. The number of hydrogen-bond donors (Lipinski definition) is 0. The normalized spacial score (nSPS) is 13.2. The van der Waals surface area contributed by atoms with Crippen molar-refractivity contribution in [1.29, 1.82) is 0 Å². The van der Waals surface area contributed by atoms with E-state index >= 15 is 0 Å².